The van der Waals surface area contributed by atoms with Crippen LogP contribution < -0.4 is 9.64 Å². The summed E-state index contributed by atoms with van der Waals surface area (Å²) in [4.78, 5) is 14.1. The Balaban J connectivity index is 1.18. The SMILES string of the molecule is COc1ccc(CN2C3CC2CN(c2ccc(-c4cc(Br)cn5ncc(C#N)c45)cn2)C3)cn1. The number of halogens is 1. The van der Waals surface area contributed by atoms with Gasteiger partial charge in [-0.1, -0.05) is 6.07 Å². The average Bonchev–Trinajstić information content (AvgIpc) is 3.30. The van der Waals surface area contributed by atoms with Crippen molar-refractivity contribution in [2.75, 3.05) is 25.1 Å². The number of pyridine rings is 3. The Bertz CT molecular complexity index is 1380. The van der Waals surface area contributed by atoms with Crippen molar-refractivity contribution in [3.05, 3.63) is 70.7 Å². The number of rotatable bonds is 5. The standard InChI is InChI=1S/C25H22BrN7O/c1-34-24-5-2-16(9-29-24)12-32-20-7-21(32)15-31(14-20)23-4-3-17(10-28-23)22-6-19(26)13-33-25(22)18(8-27)11-30-33/h2-6,9-11,13,20-21H,7,12,14-15H2,1H3. The molecule has 8 nitrogen and oxygen atoms in total. The van der Waals surface area contributed by atoms with E-state index < -0.39 is 0 Å². The number of fused-ring (bicyclic) bond motifs is 3. The fraction of sp³-hybridized carbons (Fsp3) is 0.280. The third kappa shape index (κ3) is 3.59. The lowest BCUT2D eigenvalue weighted by Crippen LogP contribution is -2.68. The Hall–Kier alpha value is -3.48. The van der Waals surface area contributed by atoms with Crippen LogP contribution in [0, 0.1) is 11.3 Å². The number of methoxy groups -OCH3 is 1. The Kier molecular flexibility index (Phi) is 5.20. The van der Waals surface area contributed by atoms with Crippen LogP contribution in [0.15, 0.2) is 59.6 Å². The summed E-state index contributed by atoms with van der Waals surface area (Å²) in [5.41, 5.74) is 4.45. The molecule has 3 aliphatic heterocycles. The van der Waals surface area contributed by atoms with Crippen molar-refractivity contribution < 1.29 is 4.74 Å². The molecule has 7 heterocycles. The molecule has 0 saturated carbocycles. The number of nitriles is 1. The van der Waals surface area contributed by atoms with Crippen LogP contribution >= 0.6 is 15.9 Å². The Labute approximate surface area is 205 Å². The second-order valence-corrected chi connectivity index (χ2v) is 9.69. The summed E-state index contributed by atoms with van der Waals surface area (Å²) in [5.74, 6) is 1.64. The van der Waals surface area contributed by atoms with Crippen molar-refractivity contribution in [2.45, 2.75) is 25.0 Å². The molecule has 0 amide bonds. The highest BCUT2D eigenvalue weighted by Gasteiger charge is 2.44. The van der Waals surface area contributed by atoms with Crippen molar-refractivity contribution in [2.24, 2.45) is 0 Å². The number of piperazine rings is 1. The van der Waals surface area contributed by atoms with E-state index in [1.54, 1.807) is 17.8 Å². The van der Waals surface area contributed by atoms with Gasteiger partial charge in [0.1, 0.15) is 11.9 Å². The minimum atomic E-state index is 0.525. The second-order valence-electron chi connectivity index (χ2n) is 8.77. The molecular formula is C25H22BrN7O. The van der Waals surface area contributed by atoms with Crippen LogP contribution in [-0.2, 0) is 6.54 Å². The maximum Gasteiger partial charge on any atom is 0.212 e. The zero-order chi connectivity index (χ0) is 23.2. The fourth-order valence-electron chi connectivity index (χ4n) is 5.09. The third-order valence-corrected chi connectivity index (χ3v) is 7.23. The summed E-state index contributed by atoms with van der Waals surface area (Å²) in [6.07, 6.45) is 8.48. The molecule has 2 atom stereocenters. The quantitative estimate of drug-likeness (QED) is 0.398. The molecule has 0 radical (unpaired) electrons. The van der Waals surface area contributed by atoms with Crippen molar-refractivity contribution >= 4 is 27.3 Å². The van der Waals surface area contributed by atoms with Gasteiger partial charge >= 0.3 is 0 Å². The summed E-state index contributed by atoms with van der Waals surface area (Å²) in [6, 6.07) is 13.5. The number of nitrogens with zero attached hydrogens (tertiary/aromatic N) is 7. The van der Waals surface area contributed by atoms with Gasteiger partial charge in [-0.2, -0.15) is 10.4 Å². The minimum absolute atomic E-state index is 0.525. The van der Waals surface area contributed by atoms with Crippen molar-refractivity contribution in [3.8, 4) is 23.1 Å². The first-order valence-electron chi connectivity index (χ1n) is 11.2. The zero-order valence-corrected chi connectivity index (χ0v) is 20.2. The molecule has 2 bridgehead atoms. The van der Waals surface area contributed by atoms with Crippen LogP contribution in [0.1, 0.15) is 17.5 Å². The zero-order valence-electron chi connectivity index (χ0n) is 18.6. The maximum atomic E-state index is 9.50. The van der Waals surface area contributed by atoms with E-state index in [0.717, 1.165) is 46.6 Å². The first-order valence-corrected chi connectivity index (χ1v) is 12.0. The molecule has 0 aliphatic carbocycles. The molecule has 3 fully saturated rings. The molecule has 3 saturated heterocycles. The maximum absolute atomic E-state index is 9.50. The highest BCUT2D eigenvalue weighted by molar-refractivity contribution is 9.10. The van der Waals surface area contributed by atoms with E-state index in [1.165, 1.54) is 12.0 Å². The van der Waals surface area contributed by atoms with Crippen LogP contribution in [0.3, 0.4) is 0 Å². The monoisotopic (exact) mass is 515 g/mol. The molecule has 3 aliphatic rings. The van der Waals surface area contributed by atoms with Gasteiger partial charge in [0.25, 0.3) is 0 Å². The topological polar surface area (TPSA) is 82.6 Å². The van der Waals surface area contributed by atoms with E-state index in [1.807, 2.05) is 30.7 Å². The van der Waals surface area contributed by atoms with Crippen molar-refractivity contribution in [3.63, 3.8) is 0 Å². The summed E-state index contributed by atoms with van der Waals surface area (Å²) < 4.78 is 7.79. The van der Waals surface area contributed by atoms with Crippen LogP contribution in [0.25, 0.3) is 16.6 Å². The normalized spacial score (nSPS) is 19.6. The van der Waals surface area contributed by atoms with Gasteiger partial charge in [0, 0.05) is 72.0 Å². The molecular weight excluding hydrogens is 494 g/mol. The minimum Gasteiger partial charge on any atom is -0.481 e. The number of hydrogen-bond donors (Lipinski definition) is 0. The second kappa shape index (κ2) is 8.38. The lowest BCUT2D eigenvalue weighted by atomic mass is 9.87. The van der Waals surface area contributed by atoms with Crippen LogP contribution in [0.4, 0.5) is 5.82 Å². The Morgan fingerprint density at radius 2 is 1.97 bits per heavy atom. The van der Waals surface area contributed by atoms with Crippen molar-refractivity contribution in [1.29, 1.82) is 5.26 Å². The van der Waals surface area contributed by atoms with Gasteiger partial charge < -0.3 is 9.64 Å². The van der Waals surface area contributed by atoms with Crippen LogP contribution in [-0.4, -0.2) is 56.8 Å². The lowest BCUT2D eigenvalue weighted by Gasteiger charge is -2.56. The highest BCUT2D eigenvalue weighted by Crippen LogP contribution is 2.36. The van der Waals surface area contributed by atoms with Crippen LogP contribution in [0.5, 0.6) is 5.88 Å². The first-order chi connectivity index (χ1) is 16.6. The predicted octanol–water partition coefficient (Wildman–Crippen LogP) is 3.90. The molecule has 34 heavy (non-hydrogen) atoms. The predicted molar refractivity (Wildman–Crippen MR) is 132 cm³/mol. The number of ether oxygens (including phenoxy) is 1. The van der Waals surface area contributed by atoms with Crippen LogP contribution in [0.2, 0.25) is 0 Å². The molecule has 2 unspecified atom stereocenters. The molecule has 0 N–H and O–H groups in total. The molecule has 4 aromatic heterocycles. The van der Waals surface area contributed by atoms with Gasteiger partial charge in [0.05, 0.1) is 24.4 Å². The van der Waals surface area contributed by atoms with Gasteiger partial charge in [-0.15, -0.1) is 0 Å². The highest BCUT2D eigenvalue weighted by atomic mass is 79.9. The smallest absolute Gasteiger partial charge is 0.212 e. The van der Waals surface area contributed by atoms with Crippen molar-refractivity contribution in [1.82, 2.24) is 24.5 Å². The Morgan fingerprint density at radius 1 is 1.12 bits per heavy atom. The largest absolute Gasteiger partial charge is 0.481 e. The van der Waals surface area contributed by atoms with E-state index in [9.17, 15) is 5.26 Å². The lowest BCUT2D eigenvalue weighted by molar-refractivity contribution is -0.00876. The number of hydrogen-bond acceptors (Lipinski definition) is 7. The van der Waals surface area contributed by atoms with Gasteiger partial charge in [-0.25, -0.2) is 14.5 Å². The van der Waals surface area contributed by atoms with Gasteiger partial charge in [0.15, 0.2) is 0 Å². The third-order valence-electron chi connectivity index (χ3n) is 6.80. The molecule has 4 aromatic rings. The Morgan fingerprint density at radius 3 is 2.65 bits per heavy atom. The summed E-state index contributed by atoms with van der Waals surface area (Å²) in [6.45, 7) is 2.85. The van der Waals surface area contributed by atoms with E-state index in [4.69, 9.17) is 9.72 Å². The number of piperidine rings is 1. The molecule has 7 rings (SSSR count). The van der Waals surface area contributed by atoms with E-state index in [2.05, 4.69) is 60.1 Å². The molecule has 9 heteroatoms. The van der Waals surface area contributed by atoms with Gasteiger partial charge in [-0.05, 0) is 46.1 Å². The molecule has 0 aromatic carbocycles. The van der Waals surface area contributed by atoms with E-state index in [0.29, 0.717) is 23.5 Å². The summed E-state index contributed by atoms with van der Waals surface area (Å²) in [5, 5.41) is 13.8. The summed E-state index contributed by atoms with van der Waals surface area (Å²) in [7, 11) is 1.64. The number of anilines is 1. The number of aromatic nitrogens is 4. The molecule has 0 spiro atoms. The van der Waals surface area contributed by atoms with Gasteiger partial charge in [-0.3, -0.25) is 4.90 Å². The van der Waals surface area contributed by atoms with E-state index in [-0.39, 0.29) is 0 Å². The van der Waals surface area contributed by atoms with E-state index >= 15 is 0 Å². The fourth-order valence-corrected chi connectivity index (χ4v) is 5.51. The average molecular weight is 516 g/mol. The molecule has 170 valence electrons. The summed E-state index contributed by atoms with van der Waals surface area (Å²) >= 11 is 3.55. The first kappa shape index (κ1) is 21.1. The van der Waals surface area contributed by atoms with Gasteiger partial charge in [0.2, 0.25) is 5.88 Å².